The highest BCUT2D eigenvalue weighted by atomic mass is 16.6. The molecule has 1 fully saturated rings. The smallest absolute Gasteiger partial charge is 0.278 e. The zero-order chi connectivity index (χ0) is 19.8. The first-order valence-electron chi connectivity index (χ1n) is 9.61. The Hall–Kier alpha value is -3.52. The third kappa shape index (κ3) is 3.27. The molecule has 3 heterocycles. The number of hydrogen-bond donors (Lipinski definition) is 1. The molecule has 0 bridgehead atoms. The van der Waals surface area contributed by atoms with E-state index in [4.69, 9.17) is 0 Å². The number of nitro groups is 1. The van der Waals surface area contributed by atoms with Crippen LogP contribution in [0.3, 0.4) is 0 Å². The molecule has 0 unspecified atom stereocenters. The van der Waals surface area contributed by atoms with Crippen molar-refractivity contribution in [1.82, 2.24) is 19.9 Å². The van der Waals surface area contributed by atoms with Crippen molar-refractivity contribution in [3.05, 3.63) is 70.8 Å². The maximum absolute atomic E-state index is 11.3. The van der Waals surface area contributed by atoms with E-state index in [1.165, 1.54) is 0 Å². The number of benzene rings is 2. The van der Waals surface area contributed by atoms with Crippen molar-refractivity contribution >= 4 is 33.2 Å². The van der Waals surface area contributed by atoms with Crippen LogP contribution in [0.2, 0.25) is 0 Å². The van der Waals surface area contributed by atoms with Crippen molar-refractivity contribution in [1.29, 1.82) is 0 Å². The van der Waals surface area contributed by atoms with Gasteiger partial charge in [-0.15, -0.1) is 0 Å². The molecule has 2 aromatic carbocycles. The van der Waals surface area contributed by atoms with Gasteiger partial charge in [-0.1, -0.05) is 12.1 Å². The molecular formula is C21H20N6O2. The van der Waals surface area contributed by atoms with Crippen LogP contribution in [0.4, 0.5) is 11.4 Å². The summed E-state index contributed by atoms with van der Waals surface area (Å²) in [5.41, 5.74) is 3.18. The number of anilines is 1. The third-order valence-electron chi connectivity index (χ3n) is 5.49. The van der Waals surface area contributed by atoms with Crippen molar-refractivity contribution < 1.29 is 4.92 Å². The fourth-order valence-corrected chi connectivity index (χ4v) is 4.03. The topological polar surface area (TPSA) is 91.2 Å². The van der Waals surface area contributed by atoms with Gasteiger partial charge in [-0.3, -0.25) is 20.0 Å². The summed E-state index contributed by atoms with van der Waals surface area (Å²) in [6.07, 6.45) is 3.27. The Labute approximate surface area is 166 Å². The largest absolute Gasteiger partial charge is 0.368 e. The summed E-state index contributed by atoms with van der Waals surface area (Å²) in [5, 5.41) is 12.8. The van der Waals surface area contributed by atoms with Gasteiger partial charge in [0.25, 0.3) is 5.69 Å². The van der Waals surface area contributed by atoms with E-state index >= 15 is 0 Å². The number of aromatic amines is 1. The minimum atomic E-state index is -0.348. The minimum absolute atomic E-state index is 0.0976. The number of pyridine rings is 1. The fourth-order valence-electron chi connectivity index (χ4n) is 4.03. The maximum Gasteiger partial charge on any atom is 0.278 e. The van der Waals surface area contributed by atoms with Gasteiger partial charge in [0.2, 0.25) is 0 Å². The van der Waals surface area contributed by atoms with E-state index in [0.717, 1.165) is 60.7 Å². The van der Waals surface area contributed by atoms with Crippen molar-refractivity contribution in [3.8, 4) is 0 Å². The molecule has 2 aromatic heterocycles. The van der Waals surface area contributed by atoms with Crippen LogP contribution in [-0.4, -0.2) is 51.0 Å². The second-order valence-electron chi connectivity index (χ2n) is 7.25. The van der Waals surface area contributed by atoms with Gasteiger partial charge in [-0.05, 0) is 24.3 Å². The Bertz CT molecular complexity index is 1160. The lowest BCUT2D eigenvalue weighted by Crippen LogP contribution is -2.46. The minimum Gasteiger partial charge on any atom is -0.368 e. The van der Waals surface area contributed by atoms with Crippen LogP contribution in [0.15, 0.2) is 54.9 Å². The highest BCUT2D eigenvalue weighted by Gasteiger charge is 2.22. The summed E-state index contributed by atoms with van der Waals surface area (Å²) in [7, 11) is 0. The number of piperazine rings is 1. The summed E-state index contributed by atoms with van der Waals surface area (Å²) in [5.74, 6) is 0.978. The van der Waals surface area contributed by atoms with Gasteiger partial charge in [0.15, 0.2) is 0 Å². The lowest BCUT2D eigenvalue weighted by Gasteiger charge is -2.36. The molecule has 0 atom stereocenters. The van der Waals surface area contributed by atoms with Crippen LogP contribution in [0.5, 0.6) is 0 Å². The highest BCUT2D eigenvalue weighted by Crippen LogP contribution is 2.33. The van der Waals surface area contributed by atoms with Crippen LogP contribution < -0.4 is 4.90 Å². The molecule has 0 saturated carbocycles. The lowest BCUT2D eigenvalue weighted by molar-refractivity contribution is -0.383. The third-order valence-corrected chi connectivity index (χ3v) is 5.49. The summed E-state index contributed by atoms with van der Waals surface area (Å²) in [6.45, 7) is 4.31. The maximum atomic E-state index is 11.3. The zero-order valence-corrected chi connectivity index (χ0v) is 15.8. The molecule has 29 heavy (non-hydrogen) atoms. The van der Waals surface area contributed by atoms with Crippen molar-refractivity contribution in [2.24, 2.45) is 0 Å². The van der Waals surface area contributed by atoms with E-state index in [-0.39, 0.29) is 10.6 Å². The molecule has 1 aliphatic heterocycles. The number of hydrogen-bond acceptors (Lipinski definition) is 6. The molecule has 146 valence electrons. The standard InChI is InChI=1S/C21H20N6O2/c28-27(29)20-6-5-19(15-7-8-22-13-16(15)20)26-11-9-25(10-12-26)14-21-23-17-3-1-2-4-18(17)24-21/h1-8,13H,9-12,14H2,(H,23,24). The number of nitrogens with one attached hydrogen (secondary N) is 1. The molecule has 1 N–H and O–H groups in total. The molecule has 8 heteroatoms. The van der Waals surface area contributed by atoms with Crippen LogP contribution in [0.25, 0.3) is 21.8 Å². The van der Waals surface area contributed by atoms with Crippen LogP contribution in [-0.2, 0) is 6.54 Å². The Morgan fingerprint density at radius 2 is 1.86 bits per heavy atom. The average Bonchev–Trinajstić information content (AvgIpc) is 3.16. The Morgan fingerprint density at radius 3 is 2.66 bits per heavy atom. The summed E-state index contributed by atoms with van der Waals surface area (Å²) in [4.78, 5) is 27.8. The fraction of sp³-hybridized carbons (Fsp3) is 0.238. The molecule has 0 spiro atoms. The summed E-state index contributed by atoms with van der Waals surface area (Å²) in [6, 6.07) is 13.4. The number of fused-ring (bicyclic) bond motifs is 2. The number of nitro benzene ring substituents is 1. The molecule has 1 aliphatic rings. The molecule has 8 nitrogen and oxygen atoms in total. The molecule has 0 amide bonds. The number of para-hydroxylation sites is 2. The van der Waals surface area contributed by atoms with Crippen LogP contribution >= 0.6 is 0 Å². The van der Waals surface area contributed by atoms with E-state index in [2.05, 4.69) is 24.8 Å². The van der Waals surface area contributed by atoms with Crippen LogP contribution in [0, 0.1) is 10.1 Å². The van der Waals surface area contributed by atoms with E-state index in [0.29, 0.717) is 5.39 Å². The lowest BCUT2D eigenvalue weighted by atomic mass is 10.1. The molecule has 5 rings (SSSR count). The van der Waals surface area contributed by atoms with E-state index < -0.39 is 0 Å². The van der Waals surface area contributed by atoms with E-state index in [1.54, 1.807) is 18.5 Å². The highest BCUT2D eigenvalue weighted by molar-refractivity contribution is 5.99. The van der Waals surface area contributed by atoms with E-state index in [1.807, 2.05) is 36.4 Å². The number of H-pyrrole nitrogens is 1. The molecule has 0 aliphatic carbocycles. The monoisotopic (exact) mass is 388 g/mol. The SMILES string of the molecule is O=[N+]([O-])c1ccc(N2CCN(Cc3nc4ccccc4[nH]3)CC2)c2ccncc12. The summed E-state index contributed by atoms with van der Waals surface area (Å²) < 4.78 is 0. The number of non-ortho nitro benzene ring substituents is 1. The number of imidazole rings is 1. The molecular weight excluding hydrogens is 368 g/mol. The predicted molar refractivity (Wildman–Crippen MR) is 112 cm³/mol. The first-order chi connectivity index (χ1) is 14.2. The Morgan fingerprint density at radius 1 is 1.03 bits per heavy atom. The predicted octanol–water partition coefficient (Wildman–Crippen LogP) is 3.34. The second kappa shape index (κ2) is 7.14. The van der Waals surface area contributed by atoms with Crippen molar-refractivity contribution in [2.45, 2.75) is 6.54 Å². The quantitative estimate of drug-likeness (QED) is 0.426. The first kappa shape index (κ1) is 17.6. The number of rotatable bonds is 4. The zero-order valence-electron chi connectivity index (χ0n) is 15.8. The van der Waals surface area contributed by atoms with Gasteiger partial charge in [0.1, 0.15) is 5.82 Å². The van der Waals surface area contributed by atoms with Gasteiger partial charge >= 0.3 is 0 Å². The second-order valence-corrected chi connectivity index (χ2v) is 7.25. The van der Waals surface area contributed by atoms with Gasteiger partial charge in [-0.2, -0.15) is 0 Å². The molecule has 4 aromatic rings. The van der Waals surface area contributed by atoms with Crippen molar-refractivity contribution in [3.63, 3.8) is 0 Å². The van der Waals surface area contributed by atoms with Gasteiger partial charge in [0, 0.05) is 55.7 Å². The first-order valence-corrected chi connectivity index (χ1v) is 9.61. The Kier molecular flexibility index (Phi) is 4.33. The molecule has 1 saturated heterocycles. The summed E-state index contributed by atoms with van der Waals surface area (Å²) >= 11 is 0. The molecule has 0 radical (unpaired) electrons. The van der Waals surface area contributed by atoms with Gasteiger partial charge in [0.05, 0.1) is 27.9 Å². The van der Waals surface area contributed by atoms with Gasteiger partial charge in [-0.25, -0.2) is 4.98 Å². The average molecular weight is 388 g/mol. The number of nitrogens with zero attached hydrogens (tertiary/aromatic N) is 5. The Balaban J connectivity index is 1.33. The van der Waals surface area contributed by atoms with Gasteiger partial charge < -0.3 is 9.88 Å². The number of aromatic nitrogens is 3. The van der Waals surface area contributed by atoms with Crippen molar-refractivity contribution in [2.75, 3.05) is 31.1 Å². The van der Waals surface area contributed by atoms with E-state index in [9.17, 15) is 10.1 Å². The normalized spacial score (nSPS) is 15.2. The van der Waals surface area contributed by atoms with Crippen LogP contribution in [0.1, 0.15) is 5.82 Å².